The number of rotatable bonds is 4. The van der Waals surface area contributed by atoms with E-state index in [4.69, 9.17) is 23.8 Å². The smallest absolute Gasteiger partial charge is 0.170 e. The molecule has 0 unspecified atom stereocenters. The summed E-state index contributed by atoms with van der Waals surface area (Å²) in [4.78, 5) is 2.10. The Hall–Kier alpha value is -0.840. The van der Waals surface area contributed by atoms with Gasteiger partial charge in [-0.1, -0.05) is 17.7 Å². The summed E-state index contributed by atoms with van der Waals surface area (Å²) in [5.41, 5.74) is 1.96. The van der Waals surface area contributed by atoms with Crippen LogP contribution in [0.4, 0.5) is 5.69 Å². The quantitative estimate of drug-likeness (QED) is 0.823. The van der Waals surface area contributed by atoms with Crippen LogP contribution in [0.15, 0.2) is 18.2 Å². The molecule has 17 heavy (non-hydrogen) atoms. The largest absolute Gasteiger partial charge is 0.361 e. The van der Waals surface area contributed by atoms with Gasteiger partial charge in [-0.3, -0.25) is 0 Å². The Kier molecular flexibility index (Phi) is 5.68. The van der Waals surface area contributed by atoms with Gasteiger partial charge in [0.25, 0.3) is 0 Å². The van der Waals surface area contributed by atoms with Crippen molar-refractivity contribution < 1.29 is 0 Å². The average Bonchev–Trinajstić information content (AvgIpc) is 2.23. The topological polar surface area (TPSA) is 27.3 Å². The van der Waals surface area contributed by atoms with Gasteiger partial charge in [-0.15, -0.1) is 0 Å². The monoisotopic (exact) mass is 271 g/mol. The first kappa shape index (κ1) is 14.2. The summed E-state index contributed by atoms with van der Waals surface area (Å²) in [5, 5.41) is 7.59. The van der Waals surface area contributed by atoms with Crippen molar-refractivity contribution in [2.75, 3.05) is 32.5 Å². The third-order valence-corrected chi connectivity index (χ3v) is 2.93. The minimum absolute atomic E-state index is 0.617. The van der Waals surface area contributed by atoms with Crippen molar-refractivity contribution in [3.05, 3.63) is 28.8 Å². The molecule has 94 valence electrons. The van der Waals surface area contributed by atoms with Gasteiger partial charge in [0.1, 0.15) is 0 Å². The number of thiocarbonyl (C=S) groups is 1. The zero-order chi connectivity index (χ0) is 12.8. The lowest BCUT2D eigenvalue weighted by Gasteiger charge is -2.13. The molecule has 0 bridgehead atoms. The van der Waals surface area contributed by atoms with Gasteiger partial charge in [-0.2, -0.15) is 0 Å². The molecule has 0 aliphatic rings. The van der Waals surface area contributed by atoms with E-state index in [1.807, 2.05) is 39.2 Å². The number of nitrogens with zero attached hydrogens (tertiary/aromatic N) is 1. The molecular weight excluding hydrogens is 254 g/mol. The predicted molar refractivity (Wildman–Crippen MR) is 79.0 cm³/mol. The fourth-order valence-corrected chi connectivity index (χ4v) is 1.64. The first-order valence-corrected chi connectivity index (χ1v) is 6.23. The Morgan fingerprint density at radius 3 is 2.71 bits per heavy atom. The predicted octanol–water partition coefficient (Wildman–Crippen LogP) is 2.50. The van der Waals surface area contributed by atoms with Crippen LogP contribution in [0.5, 0.6) is 0 Å². The summed E-state index contributed by atoms with van der Waals surface area (Å²) < 4.78 is 0. The second-order valence-electron chi connectivity index (χ2n) is 4.15. The molecule has 0 saturated carbocycles. The maximum absolute atomic E-state index is 6.03. The van der Waals surface area contributed by atoms with Gasteiger partial charge in [0.15, 0.2) is 5.11 Å². The maximum Gasteiger partial charge on any atom is 0.170 e. The van der Waals surface area contributed by atoms with Crippen LogP contribution in [-0.2, 0) is 0 Å². The highest BCUT2D eigenvalue weighted by Gasteiger charge is 2.00. The molecule has 0 amide bonds. The molecule has 2 N–H and O–H groups in total. The van der Waals surface area contributed by atoms with E-state index in [9.17, 15) is 0 Å². The van der Waals surface area contributed by atoms with E-state index in [1.165, 1.54) is 0 Å². The number of hydrogen-bond donors (Lipinski definition) is 2. The van der Waals surface area contributed by atoms with Crippen LogP contribution < -0.4 is 10.6 Å². The van der Waals surface area contributed by atoms with Gasteiger partial charge in [-0.25, -0.2) is 0 Å². The minimum Gasteiger partial charge on any atom is -0.361 e. The van der Waals surface area contributed by atoms with Crippen LogP contribution in [0.3, 0.4) is 0 Å². The second kappa shape index (κ2) is 6.79. The average molecular weight is 272 g/mol. The van der Waals surface area contributed by atoms with Crippen molar-refractivity contribution in [2.24, 2.45) is 0 Å². The first-order valence-electron chi connectivity index (χ1n) is 5.45. The van der Waals surface area contributed by atoms with Crippen molar-refractivity contribution in [1.29, 1.82) is 0 Å². The van der Waals surface area contributed by atoms with Crippen molar-refractivity contribution in [2.45, 2.75) is 6.92 Å². The molecule has 0 saturated heterocycles. The summed E-state index contributed by atoms with van der Waals surface area (Å²) >= 11 is 11.2. The standard InChI is InChI=1S/C12H18ClN3S/c1-9-4-5-10(8-11(9)13)15-12(17)14-6-7-16(2)3/h4-5,8H,6-7H2,1-3H3,(H2,14,15,17). The molecule has 0 atom stereocenters. The first-order chi connectivity index (χ1) is 7.99. The molecule has 1 rings (SSSR count). The molecule has 0 spiro atoms. The lowest BCUT2D eigenvalue weighted by molar-refractivity contribution is 0.413. The van der Waals surface area contributed by atoms with E-state index < -0.39 is 0 Å². The minimum atomic E-state index is 0.617. The molecule has 0 aromatic heterocycles. The van der Waals surface area contributed by atoms with Gasteiger partial charge >= 0.3 is 0 Å². The molecule has 0 fully saturated rings. The third kappa shape index (κ3) is 5.35. The summed E-state index contributed by atoms with van der Waals surface area (Å²) in [6.45, 7) is 3.73. The van der Waals surface area contributed by atoms with E-state index in [0.717, 1.165) is 29.4 Å². The van der Waals surface area contributed by atoms with Crippen LogP contribution in [0, 0.1) is 6.92 Å². The van der Waals surface area contributed by atoms with Gasteiger partial charge in [0.05, 0.1) is 0 Å². The molecule has 0 aliphatic heterocycles. The summed E-state index contributed by atoms with van der Waals surface area (Å²) in [7, 11) is 4.05. The number of hydrogen-bond acceptors (Lipinski definition) is 2. The van der Waals surface area contributed by atoms with Crippen LogP contribution in [-0.4, -0.2) is 37.2 Å². The number of aryl methyl sites for hydroxylation is 1. The highest BCUT2D eigenvalue weighted by atomic mass is 35.5. The van der Waals surface area contributed by atoms with Crippen LogP contribution in [0.25, 0.3) is 0 Å². The number of halogens is 1. The van der Waals surface area contributed by atoms with Crippen LogP contribution in [0.2, 0.25) is 5.02 Å². The fourth-order valence-electron chi connectivity index (χ4n) is 1.24. The van der Waals surface area contributed by atoms with Crippen molar-refractivity contribution in [1.82, 2.24) is 10.2 Å². The highest BCUT2D eigenvalue weighted by molar-refractivity contribution is 7.80. The number of anilines is 1. The molecule has 1 aromatic carbocycles. The van der Waals surface area contributed by atoms with E-state index >= 15 is 0 Å². The lowest BCUT2D eigenvalue weighted by Crippen LogP contribution is -2.34. The Morgan fingerprint density at radius 1 is 1.41 bits per heavy atom. The third-order valence-electron chi connectivity index (χ3n) is 2.27. The summed E-state index contributed by atoms with van der Waals surface area (Å²) in [6, 6.07) is 5.80. The number of benzene rings is 1. The Bertz CT molecular complexity index is 393. The van der Waals surface area contributed by atoms with E-state index in [-0.39, 0.29) is 0 Å². The maximum atomic E-state index is 6.03. The Morgan fingerprint density at radius 2 is 2.12 bits per heavy atom. The number of nitrogens with one attached hydrogen (secondary N) is 2. The molecule has 3 nitrogen and oxygen atoms in total. The SMILES string of the molecule is Cc1ccc(NC(=S)NCCN(C)C)cc1Cl. The van der Waals surface area contributed by atoms with Gasteiger partial charge in [0.2, 0.25) is 0 Å². The van der Waals surface area contributed by atoms with Crippen LogP contribution >= 0.6 is 23.8 Å². The summed E-state index contributed by atoms with van der Waals surface area (Å²) in [5.74, 6) is 0. The zero-order valence-electron chi connectivity index (χ0n) is 10.4. The highest BCUT2D eigenvalue weighted by Crippen LogP contribution is 2.19. The lowest BCUT2D eigenvalue weighted by atomic mass is 10.2. The van der Waals surface area contributed by atoms with Crippen LogP contribution in [0.1, 0.15) is 5.56 Å². The molecule has 5 heteroatoms. The number of likely N-dealkylation sites (N-methyl/N-ethyl adjacent to an activating group) is 1. The normalized spacial score (nSPS) is 10.4. The van der Waals surface area contributed by atoms with Crippen molar-refractivity contribution in [3.8, 4) is 0 Å². The molecule has 1 aromatic rings. The molecular formula is C12H18ClN3S. The van der Waals surface area contributed by atoms with Gasteiger partial charge in [0, 0.05) is 23.8 Å². The van der Waals surface area contributed by atoms with Gasteiger partial charge < -0.3 is 15.5 Å². The van der Waals surface area contributed by atoms with Crippen molar-refractivity contribution >= 4 is 34.6 Å². The Balaban J connectivity index is 2.42. The van der Waals surface area contributed by atoms with Crippen molar-refractivity contribution in [3.63, 3.8) is 0 Å². The zero-order valence-corrected chi connectivity index (χ0v) is 12.0. The van der Waals surface area contributed by atoms with Gasteiger partial charge in [-0.05, 0) is 50.9 Å². The molecule has 0 radical (unpaired) electrons. The summed E-state index contributed by atoms with van der Waals surface area (Å²) in [6.07, 6.45) is 0. The Labute approximate surface area is 113 Å². The molecule has 0 aliphatic carbocycles. The van der Waals surface area contributed by atoms with E-state index in [0.29, 0.717) is 5.11 Å². The fraction of sp³-hybridized carbons (Fsp3) is 0.417. The van der Waals surface area contributed by atoms with E-state index in [2.05, 4.69) is 15.5 Å². The molecule has 0 heterocycles. The van der Waals surface area contributed by atoms with E-state index in [1.54, 1.807) is 0 Å². The second-order valence-corrected chi connectivity index (χ2v) is 4.96.